The van der Waals surface area contributed by atoms with E-state index in [0.29, 0.717) is 17.5 Å². The first-order valence-electron chi connectivity index (χ1n) is 5.11. The second kappa shape index (κ2) is 3.88. The van der Waals surface area contributed by atoms with Crippen molar-refractivity contribution < 1.29 is 19.1 Å². The number of ether oxygens (including phenoxy) is 1. The van der Waals surface area contributed by atoms with Gasteiger partial charge in [-0.25, -0.2) is 0 Å². The molecule has 3 N–H and O–H groups in total. The Morgan fingerprint density at radius 2 is 1.92 bits per heavy atom. The molecule has 0 heterocycles. The first-order valence-corrected chi connectivity index (χ1v) is 5.61. The van der Waals surface area contributed by atoms with Gasteiger partial charge in [0, 0.05) is 5.19 Å². The molecule has 0 saturated carbocycles. The van der Waals surface area contributed by atoms with Crippen LogP contribution < -0.4 is 9.92 Å². The number of benzene rings is 1. The second-order valence-electron chi connectivity index (χ2n) is 2.51. The highest BCUT2D eigenvalue weighted by Crippen LogP contribution is 2.07. The minimum absolute atomic E-state index is 0.357. The Morgan fingerprint density at radius 3 is 2.38 bits per heavy atom. The molecule has 0 unspecified atom stereocenters. The Morgan fingerprint density at radius 1 is 1.31 bits per heavy atom. The Labute approximate surface area is 81.9 Å². The summed E-state index contributed by atoms with van der Waals surface area (Å²) < 4.78 is 25.7. The third kappa shape index (κ3) is 2.82. The van der Waals surface area contributed by atoms with E-state index < -0.39 is 8.80 Å². The molecule has 0 amide bonds. The summed E-state index contributed by atoms with van der Waals surface area (Å²) in [6.07, 6.45) is 0. The highest BCUT2D eigenvalue weighted by molar-refractivity contribution is 6.71. The lowest BCUT2D eigenvalue weighted by Gasteiger charge is -2.10. The van der Waals surface area contributed by atoms with Gasteiger partial charge in [0.05, 0.1) is 6.61 Å². The van der Waals surface area contributed by atoms with Gasteiger partial charge in [-0.1, -0.05) is 12.1 Å². The standard InChI is InChI=1S/C8H12O4Si/c1-2-12-7-3-5-8(6-4-7)13(9,10)11/h3-6,9-11H,2H2,1H3/i9T,10T,11T. The zero-order valence-corrected chi connectivity index (χ0v) is 8.15. The van der Waals surface area contributed by atoms with Crippen molar-refractivity contribution in [2.24, 2.45) is 0 Å². The monoisotopic (exact) mass is 206 g/mol. The molecule has 5 heteroatoms. The molecule has 0 saturated heterocycles. The van der Waals surface area contributed by atoms with Crippen molar-refractivity contribution in [3.63, 3.8) is 0 Å². The van der Waals surface area contributed by atoms with Gasteiger partial charge in [-0.3, -0.25) is 0 Å². The smallest absolute Gasteiger partial charge is 0.494 e. The van der Waals surface area contributed by atoms with Crippen LogP contribution in [0.5, 0.6) is 5.75 Å². The van der Waals surface area contributed by atoms with Gasteiger partial charge < -0.3 is 19.1 Å². The van der Waals surface area contributed by atoms with Crippen molar-refractivity contribution in [3.8, 4) is 5.75 Å². The Hall–Kier alpha value is -0.883. The second-order valence-corrected chi connectivity index (χ2v) is 4.20. The predicted molar refractivity (Wildman–Crippen MR) is 49.7 cm³/mol. The largest absolute Gasteiger partial charge is 0.528 e. The summed E-state index contributed by atoms with van der Waals surface area (Å²) in [4.78, 5) is 12.8. The molecule has 0 aliphatic rings. The summed E-state index contributed by atoms with van der Waals surface area (Å²) in [5.74, 6) is 0.647. The molecule has 0 aliphatic carbocycles. The maximum atomic E-state index is 6.82. The van der Waals surface area contributed by atoms with Crippen LogP contribution in [0.3, 0.4) is 0 Å². The fourth-order valence-electron chi connectivity index (χ4n) is 0.922. The van der Waals surface area contributed by atoms with Gasteiger partial charge in [0.1, 0.15) is 5.75 Å². The van der Waals surface area contributed by atoms with E-state index in [2.05, 4.69) is 14.4 Å². The molecule has 4 nitrogen and oxygen atoms in total. The summed E-state index contributed by atoms with van der Waals surface area (Å²) in [6, 6.07) is 6.37. The van der Waals surface area contributed by atoms with Crippen molar-refractivity contribution in [2.45, 2.75) is 6.92 Å². The van der Waals surface area contributed by atoms with Gasteiger partial charge in [-0.2, -0.15) is 0 Å². The summed E-state index contributed by atoms with van der Waals surface area (Å²) in [5, 5.41) is 0.357. The molecule has 0 bridgehead atoms. The topological polar surface area (TPSA) is 69.9 Å². The van der Waals surface area contributed by atoms with E-state index in [1.54, 1.807) is 24.3 Å². The van der Waals surface area contributed by atoms with Crippen molar-refractivity contribution in [1.82, 2.24) is 0 Å². The van der Waals surface area contributed by atoms with E-state index in [1.807, 2.05) is 6.92 Å². The number of hydrogen-bond acceptors (Lipinski definition) is 4. The van der Waals surface area contributed by atoms with Crippen LogP contribution in [0, 0.1) is 0 Å². The Bertz CT molecular complexity index is 309. The summed E-state index contributed by atoms with van der Waals surface area (Å²) in [6.45, 7) is 2.40. The van der Waals surface area contributed by atoms with Crippen LogP contribution in [0.25, 0.3) is 0 Å². The average molecular weight is 206 g/mol. The molecular formula is C8H12O4Si. The van der Waals surface area contributed by atoms with E-state index in [1.165, 1.54) is 0 Å². The van der Waals surface area contributed by atoms with Crippen LogP contribution in [-0.4, -0.2) is 34.1 Å². The maximum absolute atomic E-state index is 6.82. The molecule has 0 atom stereocenters. The van der Waals surface area contributed by atoms with Crippen molar-refractivity contribution in [2.75, 3.05) is 6.61 Å². The van der Waals surface area contributed by atoms with E-state index in [9.17, 15) is 0 Å². The molecule has 1 aromatic rings. The van der Waals surface area contributed by atoms with Gasteiger partial charge in [0.15, 0.2) is 4.29 Å². The SMILES string of the molecule is [3H]O[Si](O[3H])(O[3H])c1ccc(OCC)cc1. The van der Waals surface area contributed by atoms with Crippen LogP contribution in [0.1, 0.15) is 6.92 Å². The van der Waals surface area contributed by atoms with Crippen LogP contribution in [0.2, 0.25) is 0 Å². The average Bonchev–Trinajstić information content (AvgIpc) is 2.34. The van der Waals surface area contributed by atoms with Crippen molar-refractivity contribution in [3.05, 3.63) is 24.3 Å². The quantitative estimate of drug-likeness (QED) is 0.533. The lowest BCUT2D eigenvalue weighted by Crippen LogP contribution is -2.48. The minimum Gasteiger partial charge on any atom is -0.494 e. The van der Waals surface area contributed by atoms with E-state index in [4.69, 9.17) is 9.03 Å². The molecule has 72 valence electrons. The van der Waals surface area contributed by atoms with Gasteiger partial charge in [-0.05, 0) is 19.1 Å². The number of hydrogen-bond donors (Lipinski definition) is 3. The van der Waals surface area contributed by atoms with Gasteiger partial charge in [-0.15, -0.1) is 0 Å². The highest BCUT2D eigenvalue weighted by atomic mass is 28.4. The zero-order valence-electron chi connectivity index (χ0n) is 10.1. The van der Waals surface area contributed by atoms with Crippen molar-refractivity contribution in [1.29, 1.82) is 4.29 Å². The summed E-state index contributed by atoms with van der Waals surface area (Å²) in [5.41, 5.74) is 0. The Kier molecular flexibility index (Phi) is 1.96. The fraction of sp³-hybridized carbons (Fsp3) is 0.250. The highest BCUT2D eigenvalue weighted by Gasteiger charge is 2.29. The summed E-state index contributed by atoms with van der Waals surface area (Å²) in [7, 11) is -3.69. The molecule has 0 fully saturated rings. The van der Waals surface area contributed by atoms with E-state index >= 15 is 0 Å². The van der Waals surface area contributed by atoms with Crippen molar-refractivity contribution >= 4 is 14.0 Å². The molecule has 13 heavy (non-hydrogen) atoms. The Balaban J connectivity index is 2.94. The van der Waals surface area contributed by atoms with Gasteiger partial charge in [0.25, 0.3) is 0 Å². The van der Waals surface area contributed by atoms with Crippen LogP contribution in [0.4, 0.5) is 0 Å². The minimum atomic E-state index is -3.69. The third-order valence-electron chi connectivity index (χ3n) is 1.52. The van der Waals surface area contributed by atoms with Gasteiger partial charge >= 0.3 is 8.80 Å². The molecule has 1 rings (SSSR count). The van der Waals surface area contributed by atoms with E-state index in [-0.39, 0.29) is 0 Å². The predicted octanol–water partition coefficient (Wildman–Crippen LogP) is -0.792. The summed E-state index contributed by atoms with van der Waals surface area (Å²) >= 11 is 0. The van der Waals surface area contributed by atoms with Crippen LogP contribution >= 0.6 is 0 Å². The zero-order chi connectivity index (χ0) is 12.0. The first-order chi connectivity index (χ1) is 7.72. The molecule has 0 aromatic heterocycles. The lowest BCUT2D eigenvalue weighted by atomic mass is 10.3. The molecule has 0 spiro atoms. The van der Waals surface area contributed by atoms with Crippen LogP contribution in [0.15, 0.2) is 24.3 Å². The van der Waals surface area contributed by atoms with Gasteiger partial charge in [0.2, 0.25) is 0 Å². The number of rotatable bonds is 6. The maximum Gasteiger partial charge on any atom is 0.528 e. The van der Waals surface area contributed by atoms with E-state index in [0.717, 1.165) is 0 Å². The molecule has 0 radical (unpaired) electrons. The molecule has 1 aromatic carbocycles. The third-order valence-corrected chi connectivity index (χ3v) is 2.56. The van der Waals surface area contributed by atoms with Crippen LogP contribution in [-0.2, 0) is 0 Å². The first kappa shape index (κ1) is 6.55. The fourth-order valence-corrected chi connectivity index (χ4v) is 1.50. The normalized spacial score (nSPS) is 14.4. The molecular weight excluding hydrogens is 188 g/mol. The lowest BCUT2D eigenvalue weighted by molar-refractivity contribution is 0.249. The molecule has 0 aliphatic heterocycles.